The molecule has 0 aliphatic rings. The Morgan fingerprint density at radius 2 is 1.64 bits per heavy atom. The summed E-state index contributed by atoms with van der Waals surface area (Å²) in [5, 5.41) is 0. The van der Waals surface area contributed by atoms with E-state index in [2.05, 4.69) is 19.9 Å². The van der Waals surface area contributed by atoms with Gasteiger partial charge >= 0.3 is 0 Å². The van der Waals surface area contributed by atoms with Crippen molar-refractivity contribution in [1.29, 1.82) is 0 Å². The molecule has 0 aliphatic carbocycles. The average molecular weight is 301 g/mol. The lowest BCUT2D eigenvalue weighted by molar-refractivity contribution is 0.210. The molecule has 2 aromatic rings. The van der Waals surface area contributed by atoms with E-state index in [-0.39, 0.29) is 0 Å². The Balaban J connectivity index is 1.90. The summed E-state index contributed by atoms with van der Waals surface area (Å²) < 4.78 is 16.8. The molecule has 4 nitrogen and oxygen atoms in total. The monoisotopic (exact) mass is 301 g/mol. The number of aryl methyl sites for hydroxylation is 1. The smallest absolute Gasteiger partial charge is 0.161 e. The third kappa shape index (κ3) is 3.92. The first-order valence-electron chi connectivity index (χ1n) is 7.34. The SMILES string of the molecule is COc1cc(CN)ccc1OCCOc1cccc(C)c1C. The summed E-state index contributed by atoms with van der Waals surface area (Å²) >= 11 is 0. The van der Waals surface area contributed by atoms with Crippen LogP contribution in [0.5, 0.6) is 17.2 Å². The Hall–Kier alpha value is -2.20. The van der Waals surface area contributed by atoms with Gasteiger partial charge in [-0.2, -0.15) is 0 Å². The largest absolute Gasteiger partial charge is 0.493 e. The fraction of sp³-hybridized carbons (Fsp3) is 0.333. The van der Waals surface area contributed by atoms with Crippen molar-refractivity contribution in [2.24, 2.45) is 5.73 Å². The molecule has 118 valence electrons. The van der Waals surface area contributed by atoms with E-state index in [9.17, 15) is 0 Å². The van der Waals surface area contributed by atoms with Crippen LogP contribution in [0.3, 0.4) is 0 Å². The van der Waals surface area contributed by atoms with Crippen LogP contribution in [-0.2, 0) is 6.54 Å². The molecule has 0 amide bonds. The maximum absolute atomic E-state index is 5.77. The van der Waals surface area contributed by atoms with Gasteiger partial charge in [0.15, 0.2) is 11.5 Å². The molecule has 0 spiro atoms. The second-order valence-electron chi connectivity index (χ2n) is 5.08. The van der Waals surface area contributed by atoms with Crippen molar-refractivity contribution in [3.05, 3.63) is 53.1 Å². The maximum Gasteiger partial charge on any atom is 0.161 e. The van der Waals surface area contributed by atoms with Crippen molar-refractivity contribution >= 4 is 0 Å². The van der Waals surface area contributed by atoms with Crippen LogP contribution in [0.4, 0.5) is 0 Å². The molecule has 0 aromatic heterocycles. The molecule has 0 saturated carbocycles. The second kappa shape index (κ2) is 7.71. The lowest BCUT2D eigenvalue weighted by Gasteiger charge is -2.13. The molecular formula is C18H23NO3. The fourth-order valence-corrected chi connectivity index (χ4v) is 2.14. The van der Waals surface area contributed by atoms with Gasteiger partial charge in [-0.15, -0.1) is 0 Å². The summed E-state index contributed by atoms with van der Waals surface area (Å²) in [5.41, 5.74) is 9.01. The highest BCUT2D eigenvalue weighted by Gasteiger charge is 2.06. The quantitative estimate of drug-likeness (QED) is 0.798. The van der Waals surface area contributed by atoms with Crippen molar-refractivity contribution < 1.29 is 14.2 Å². The molecule has 22 heavy (non-hydrogen) atoms. The summed E-state index contributed by atoms with van der Waals surface area (Å²) in [6, 6.07) is 11.7. The first kappa shape index (κ1) is 16.2. The zero-order valence-electron chi connectivity index (χ0n) is 13.4. The van der Waals surface area contributed by atoms with E-state index in [0.29, 0.717) is 31.3 Å². The van der Waals surface area contributed by atoms with Gasteiger partial charge in [0.1, 0.15) is 19.0 Å². The van der Waals surface area contributed by atoms with E-state index in [0.717, 1.165) is 16.9 Å². The van der Waals surface area contributed by atoms with Crippen molar-refractivity contribution in [1.82, 2.24) is 0 Å². The highest BCUT2D eigenvalue weighted by molar-refractivity contribution is 5.43. The second-order valence-corrected chi connectivity index (χ2v) is 5.08. The molecule has 0 unspecified atom stereocenters. The molecule has 0 aliphatic heterocycles. The van der Waals surface area contributed by atoms with Crippen molar-refractivity contribution in [2.75, 3.05) is 20.3 Å². The molecule has 0 atom stereocenters. The number of ether oxygens (including phenoxy) is 3. The predicted molar refractivity (Wildman–Crippen MR) is 87.8 cm³/mol. The Bertz CT molecular complexity index is 626. The van der Waals surface area contributed by atoms with E-state index in [1.165, 1.54) is 5.56 Å². The molecule has 4 heteroatoms. The molecule has 0 fully saturated rings. The number of benzene rings is 2. The van der Waals surface area contributed by atoms with Crippen molar-refractivity contribution in [2.45, 2.75) is 20.4 Å². The third-order valence-electron chi connectivity index (χ3n) is 3.62. The van der Waals surface area contributed by atoms with Gasteiger partial charge in [-0.1, -0.05) is 18.2 Å². The molecule has 2 rings (SSSR count). The minimum absolute atomic E-state index is 0.450. The van der Waals surface area contributed by atoms with Gasteiger partial charge < -0.3 is 19.9 Å². The summed E-state index contributed by atoms with van der Waals surface area (Å²) in [5.74, 6) is 2.29. The van der Waals surface area contributed by atoms with Crippen LogP contribution < -0.4 is 19.9 Å². The predicted octanol–water partition coefficient (Wildman–Crippen LogP) is 3.23. The van der Waals surface area contributed by atoms with Gasteiger partial charge in [0.05, 0.1) is 7.11 Å². The van der Waals surface area contributed by atoms with Crippen molar-refractivity contribution in [3.8, 4) is 17.2 Å². The summed E-state index contributed by atoms with van der Waals surface area (Å²) in [7, 11) is 1.62. The first-order valence-corrected chi connectivity index (χ1v) is 7.34. The Morgan fingerprint density at radius 1 is 0.909 bits per heavy atom. The van der Waals surface area contributed by atoms with Crippen LogP contribution in [0.15, 0.2) is 36.4 Å². The molecule has 0 saturated heterocycles. The minimum Gasteiger partial charge on any atom is -0.493 e. The molecule has 0 bridgehead atoms. The molecular weight excluding hydrogens is 278 g/mol. The Kier molecular flexibility index (Phi) is 5.67. The topological polar surface area (TPSA) is 53.7 Å². The van der Waals surface area contributed by atoms with E-state index in [1.807, 2.05) is 30.3 Å². The number of hydrogen-bond acceptors (Lipinski definition) is 4. The summed E-state index contributed by atoms with van der Waals surface area (Å²) in [6.07, 6.45) is 0. The van der Waals surface area contributed by atoms with Gasteiger partial charge in [-0.25, -0.2) is 0 Å². The highest BCUT2D eigenvalue weighted by atomic mass is 16.5. The van der Waals surface area contributed by atoms with Gasteiger partial charge in [0, 0.05) is 6.54 Å². The van der Waals surface area contributed by atoms with E-state index in [4.69, 9.17) is 19.9 Å². The van der Waals surface area contributed by atoms with Gasteiger partial charge in [-0.05, 0) is 48.7 Å². The average Bonchev–Trinajstić information content (AvgIpc) is 2.55. The maximum atomic E-state index is 5.77. The third-order valence-corrected chi connectivity index (χ3v) is 3.62. The van der Waals surface area contributed by atoms with Crippen LogP contribution in [0.25, 0.3) is 0 Å². The number of hydrogen-bond donors (Lipinski definition) is 1. The van der Waals surface area contributed by atoms with E-state index < -0.39 is 0 Å². The Morgan fingerprint density at radius 3 is 2.32 bits per heavy atom. The van der Waals surface area contributed by atoms with E-state index >= 15 is 0 Å². The summed E-state index contributed by atoms with van der Waals surface area (Å²) in [6.45, 7) is 5.53. The van der Waals surface area contributed by atoms with E-state index in [1.54, 1.807) is 7.11 Å². The van der Waals surface area contributed by atoms with Crippen LogP contribution >= 0.6 is 0 Å². The molecule has 0 heterocycles. The lowest BCUT2D eigenvalue weighted by Crippen LogP contribution is -2.10. The highest BCUT2D eigenvalue weighted by Crippen LogP contribution is 2.28. The van der Waals surface area contributed by atoms with Crippen LogP contribution in [0, 0.1) is 13.8 Å². The first-order chi connectivity index (χ1) is 10.7. The summed E-state index contributed by atoms with van der Waals surface area (Å²) in [4.78, 5) is 0. The van der Waals surface area contributed by atoms with Crippen LogP contribution in [-0.4, -0.2) is 20.3 Å². The molecule has 2 N–H and O–H groups in total. The van der Waals surface area contributed by atoms with Crippen LogP contribution in [0.2, 0.25) is 0 Å². The lowest BCUT2D eigenvalue weighted by atomic mass is 10.1. The zero-order valence-corrected chi connectivity index (χ0v) is 13.4. The Labute approximate surface area is 131 Å². The minimum atomic E-state index is 0.450. The number of nitrogens with two attached hydrogens (primary N) is 1. The fourth-order valence-electron chi connectivity index (χ4n) is 2.14. The zero-order chi connectivity index (χ0) is 15.9. The van der Waals surface area contributed by atoms with Gasteiger partial charge in [-0.3, -0.25) is 0 Å². The number of methoxy groups -OCH3 is 1. The molecule has 2 aromatic carbocycles. The van der Waals surface area contributed by atoms with Gasteiger partial charge in [0.25, 0.3) is 0 Å². The van der Waals surface area contributed by atoms with Crippen LogP contribution in [0.1, 0.15) is 16.7 Å². The standard InChI is InChI=1S/C18H23NO3/c1-13-5-4-6-16(14(13)2)21-9-10-22-17-8-7-15(12-19)11-18(17)20-3/h4-8,11H,9-10,12,19H2,1-3H3. The van der Waals surface area contributed by atoms with Gasteiger partial charge in [0.2, 0.25) is 0 Å². The molecule has 0 radical (unpaired) electrons. The number of rotatable bonds is 7. The normalized spacial score (nSPS) is 10.4. The van der Waals surface area contributed by atoms with Crippen molar-refractivity contribution in [3.63, 3.8) is 0 Å².